The number of amidine groups is 1. The molecule has 2 amide bonds. The average Bonchev–Trinajstić information content (AvgIpc) is 2.90. The number of hydrogen-bond donors (Lipinski definition) is 2. The number of ether oxygens (including phenoxy) is 2. The van der Waals surface area contributed by atoms with Crippen LogP contribution in [0.25, 0.3) is 0 Å². The van der Waals surface area contributed by atoms with Crippen LogP contribution in [0, 0.1) is 0 Å². The van der Waals surface area contributed by atoms with E-state index in [0.29, 0.717) is 17.5 Å². The van der Waals surface area contributed by atoms with Gasteiger partial charge in [0.1, 0.15) is 19.0 Å². The molecule has 0 aliphatic heterocycles. The van der Waals surface area contributed by atoms with Crippen molar-refractivity contribution in [3.63, 3.8) is 0 Å². The normalized spacial score (nSPS) is 11.6. The molecule has 12 nitrogen and oxygen atoms in total. The zero-order valence-electron chi connectivity index (χ0n) is 21.2. The van der Waals surface area contributed by atoms with E-state index in [0.717, 1.165) is 0 Å². The third-order valence-electron chi connectivity index (χ3n) is 4.83. The zero-order valence-corrected chi connectivity index (χ0v) is 21.2. The molecular weight excluding hydrogens is 498 g/mol. The predicted octanol–water partition coefficient (Wildman–Crippen LogP) is 2.73. The molecule has 0 bridgehead atoms. The van der Waals surface area contributed by atoms with Crippen molar-refractivity contribution in [2.75, 3.05) is 13.2 Å². The summed E-state index contributed by atoms with van der Waals surface area (Å²) in [4.78, 5) is 72.2. The quantitative estimate of drug-likeness (QED) is 0.0795. The Morgan fingerprint density at radius 1 is 0.895 bits per heavy atom. The van der Waals surface area contributed by atoms with E-state index in [4.69, 9.17) is 15.4 Å². The van der Waals surface area contributed by atoms with Gasteiger partial charge in [-0.15, -0.1) is 0 Å². The van der Waals surface area contributed by atoms with Gasteiger partial charge in [-0.05, 0) is 49.7 Å². The van der Waals surface area contributed by atoms with Crippen LogP contribution in [0.3, 0.4) is 0 Å². The molecule has 0 radical (unpaired) electrons. The molecule has 12 heteroatoms. The second-order valence-electron chi connectivity index (χ2n) is 7.90. The monoisotopic (exact) mass is 527 g/mol. The third kappa shape index (κ3) is 9.72. The van der Waals surface area contributed by atoms with Gasteiger partial charge in [-0.25, -0.2) is 9.59 Å². The number of nitrogens with one attached hydrogen (secondary N) is 1. The van der Waals surface area contributed by atoms with E-state index in [1.165, 1.54) is 55.5 Å². The van der Waals surface area contributed by atoms with Gasteiger partial charge in [0, 0.05) is 30.0 Å². The molecule has 0 saturated carbocycles. The first-order valence-electron chi connectivity index (χ1n) is 11.7. The maximum absolute atomic E-state index is 12.7. The fraction of sp³-hybridized carbons (Fsp3) is 0.308. The number of hydrogen-bond acceptors (Lipinski definition) is 9. The smallest absolute Gasteiger partial charge is 0.435 e. The van der Waals surface area contributed by atoms with Crippen LogP contribution in [0.2, 0.25) is 0 Å². The lowest BCUT2D eigenvalue weighted by Gasteiger charge is -2.13. The van der Waals surface area contributed by atoms with Crippen molar-refractivity contribution in [1.29, 1.82) is 0 Å². The summed E-state index contributed by atoms with van der Waals surface area (Å²) in [5.74, 6) is -1.72. The van der Waals surface area contributed by atoms with Crippen LogP contribution in [0.5, 0.6) is 5.75 Å². The average molecular weight is 528 g/mol. The van der Waals surface area contributed by atoms with Crippen molar-refractivity contribution >= 4 is 35.6 Å². The fourth-order valence-electron chi connectivity index (χ4n) is 2.91. The predicted molar refractivity (Wildman–Crippen MR) is 134 cm³/mol. The Hall–Kier alpha value is -4.74. The van der Waals surface area contributed by atoms with Crippen LogP contribution in [-0.2, 0) is 24.0 Å². The van der Waals surface area contributed by atoms with Gasteiger partial charge in [0.2, 0.25) is 0 Å². The van der Waals surface area contributed by atoms with Crippen molar-refractivity contribution < 1.29 is 43.2 Å². The molecule has 3 N–H and O–H groups in total. The van der Waals surface area contributed by atoms with Crippen LogP contribution in [0.1, 0.15) is 59.9 Å². The molecule has 2 rings (SSSR count). The summed E-state index contributed by atoms with van der Waals surface area (Å²) < 4.78 is 9.42. The van der Waals surface area contributed by atoms with Crippen molar-refractivity contribution in [3.8, 4) is 5.75 Å². The van der Waals surface area contributed by atoms with E-state index in [1.807, 2.05) is 6.92 Å². The van der Waals surface area contributed by atoms with Crippen LogP contribution < -0.4 is 15.9 Å². The second kappa shape index (κ2) is 14.7. The maximum atomic E-state index is 12.7. The summed E-state index contributed by atoms with van der Waals surface area (Å²) >= 11 is 0. The van der Waals surface area contributed by atoms with Crippen molar-refractivity contribution in [2.45, 2.75) is 39.7 Å². The molecule has 0 fully saturated rings. The first kappa shape index (κ1) is 29.5. The topological polar surface area (TPSA) is 173 Å². The molecule has 1 unspecified atom stereocenters. The fourth-order valence-corrected chi connectivity index (χ4v) is 2.91. The number of rotatable bonds is 12. The number of ketones is 1. The highest BCUT2D eigenvalue weighted by Gasteiger charge is 2.19. The van der Waals surface area contributed by atoms with Crippen molar-refractivity contribution in [3.05, 3.63) is 65.2 Å². The van der Waals surface area contributed by atoms with Crippen LogP contribution >= 0.6 is 0 Å². The number of benzene rings is 2. The molecular formula is C26H29N3O9. The van der Waals surface area contributed by atoms with Gasteiger partial charge < -0.3 is 20.5 Å². The number of amides is 2. The van der Waals surface area contributed by atoms with Gasteiger partial charge in [-0.2, -0.15) is 4.99 Å². The number of aliphatic imine (C=N–C) groups is 1. The Labute approximate surface area is 219 Å². The highest BCUT2D eigenvalue weighted by Crippen LogP contribution is 2.15. The molecule has 0 spiro atoms. The zero-order chi connectivity index (χ0) is 28.1. The summed E-state index contributed by atoms with van der Waals surface area (Å²) in [6, 6.07) is 11.0. The molecule has 1 atom stereocenters. The van der Waals surface area contributed by atoms with Crippen LogP contribution in [0.15, 0.2) is 53.5 Å². The van der Waals surface area contributed by atoms with E-state index in [9.17, 15) is 24.0 Å². The standard InChI is InChI=1S/C26H29N3O9/c1-4-5-22(31)38-37-21-12-10-18(11-13-21)23(32)16(2)28-25(33)20-8-6-19(7-9-20)24(27)29-26(34)36-15-14-35-17(3)30/h6-13,16H,4-5,14-15H2,1-3H3,(H,28,33)(H2,27,29,34). The Kier molecular flexibility index (Phi) is 11.4. The molecule has 0 heterocycles. The highest BCUT2D eigenvalue weighted by atomic mass is 17.2. The Morgan fingerprint density at radius 2 is 1.47 bits per heavy atom. The minimum Gasteiger partial charge on any atom is -0.462 e. The van der Waals surface area contributed by atoms with Gasteiger partial charge in [-0.3, -0.25) is 24.2 Å². The lowest BCUT2D eigenvalue weighted by Crippen LogP contribution is -2.38. The van der Waals surface area contributed by atoms with E-state index in [1.54, 1.807) is 6.92 Å². The molecule has 0 saturated heterocycles. The summed E-state index contributed by atoms with van der Waals surface area (Å²) in [7, 11) is 0. The van der Waals surface area contributed by atoms with E-state index < -0.39 is 30.0 Å². The van der Waals surface area contributed by atoms with Gasteiger partial charge in [-0.1, -0.05) is 19.1 Å². The minimum atomic E-state index is -0.957. The van der Waals surface area contributed by atoms with E-state index in [2.05, 4.69) is 19.9 Å². The van der Waals surface area contributed by atoms with Gasteiger partial charge in [0.15, 0.2) is 11.5 Å². The van der Waals surface area contributed by atoms with Gasteiger partial charge >= 0.3 is 18.0 Å². The molecule has 0 aliphatic carbocycles. The summed E-state index contributed by atoms with van der Waals surface area (Å²) in [6.45, 7) is 4.34. The summed E-state index contributed by atoms with van der Waals surface area (Å²) in [5, 5.41) is 2.62. The third-order valence-corrected chi connectivity index (χ3v) is 4.83. The molecule has 2 aromatic rings. The van der Waals surface area contributed by atoms with E-state index in [-0.39, 0.29) is 42.6 Å². The highest BCUT2D eigenvalue weighted by molar-refractivity contribution is 6.05. The Bertz CT molecular complexity index is 1180. The number of carbonyl (C=O) groups excluding carboxylic acids is 5. The van der Waals surface area contributed by atoms with Crippen molar-refractivity contribution in [2.24, 2.45) is 10.7 Å². The number of nitrogens with two attached hydrogens (primary N) is 1. The van der Waals surface area contributed by atoms with Crippen LogP contribution in [0.4, 0.5) is 4.79 Å². The lowest BCUT2D eigenvalue weighted by atomic mass is 10.0. The summed E-state index contributed by atoms with van der Waals surface area (Å²) in [5.41, 5.74) is 6.74. The van der Waals surface area contributed by atoms with E-state index >= 15 is 0 Å². The molecule has 38 heavy (non-hydrogen) atoms. The van der Waals surface area contributed by atoms with Gasteiger partial charge in [0.05, 0.1) is 6.04 Å². The number of esters is 1. The maximum Gasteiger partial charge on any atom is 0.435 e. The SMILES string of the molecule is CCCC(=O)OOc1ccc(C(=O)C(C)NC(=O)c2ccc(/C(N)=N/C(=O)OCCOC(C)=O)cc2)cc1. The number of carbonyl (C=O) groups is 5. The summed E-state index contributed by atoms with van der Waals surface area (Å²) in [6.07, 6.45) is -0.101. The molecule has 0 aliphatic rings. The Morgan fingerprint density at radius 3 is 2.08 bits per heavy atom. The Balaban J connectivity index is 1.89. The molecule has 202 valence electrons. The van der Waals surface area contributed by atoms with Gasteiger partial charge in [0.25, 0.3) is 5.91 Å². The molecule has 0 aromatic heterocycles. The van der Waals surface area contributed by atoms with Crippen molar-refractivity contribution in [1.82, 2.24) is 5.32 Å². The first-order chi connectivity index (χ1) is 18.1. The largest absolute Gasteiger partial charge is 0.462 e. The lowest BCUT2D eigenvalue weighted by molar-refractivity contribution is -0.213. The molecule has 2 aromatic carbocycles. The minimum absolute atomic E-state index is 0.1000. The first-order valence-corrected chi connectivity index (χ1v) is 11.7. The number of Topliss-reactive ketones (excluding diaryl/α,β-unsaturated/α-hetero) is 1. The van der Waals surface area contributed by atoms with Crippen LogP contribution in [-0.4, -0.2) is 54.8 Å². The second-order valence-corrected chi connectivity index (χ2v) is 7.90. The number of nitrogens with zero attached hydrogens (tertiary/aromatic N) is 1.